The molecule has 1 fully saturated rings. The molecule has 0 radical (unpaired) electrons. The second kappa shape index (κ2) is 8.21. The van der Waals surface area contributed by atoms with Crippen LogP contribution in [0.5, 0.6) is 5.75 Å². The number of allylic oxidation sites excluding steroid dienone is 1. The van der Waals surface area contributed by atoms with E-state index in [2.05, 4.69) is 5.32 Å². The molecule has 0 bridgehead atoms. The first kappa shape index (κ1) is 24.3. The zero-order valence-corrected chi connectivity index (χ0v) is 17.2. The molecule has 178 valence electrons. The zero-order valence-electron chi connectivity index (χ0n) is 17.2. The third-order valence-corrected chi connectivity index (χ3v) is 5.96. The van der Waals surface area contributed by atoms with Crippen LogP contribution in [0.2, 0.25) is 0 Å². The molecule has 1 aromatic carbocycles. The fourth-order valence-corrected chi connectivity index (χ4v) is 3.90. The maximum atomic E-state index is 14.0. The van der Waals surface area contributed by atoms with Crippen LogP contribution in [0.1, 0.15) is 25.3 Å². The summed E-state index contributed by atoms with van der Waals surface area (Å²) in [5, 5.41) is 12.3. The van der Waals surface area contributed by atoms with Crippen LogP contribution in [-0.2, 0) is 14.3 Å². The summed E-state index contributed by atoms with van der Waals surface area (Å²) in [6.07, 6.45) is -3.93. The predicted octanol–water partition coefficient (Wildman–Crippen LogP) is 2.27. The van der Waals surface area contributed by atoms with Crippen molar-refractivity contribution in [2.45, 2.75) is 43.7 Å². The number of halogens is 5. The van der Waals surface area contributed by atoms with Crippen molar-refractivity contribution in [2.75, 3.05) is 0 Å². The summed E-state index contributed by atoms with van der Waals surface area (Å²) in [6.45, 7) is 1.80. The average molecular weight is 476 g/mol. The number of nitroso groups, excluding NO2 is 1. The van der Waals surface area contributed by atoms with Gasteiger partial charge in [-0.1, -0.05) is 13.0 Å². The van der Waals surface area contributed by atoms with E-state index < -0.39 is 70.5 Å². The number of nitrogens with two attached hydrogens (primary N) is 1. The first-order chi connectivity index (χ1) is 15.2. The minimum atomic E-state index is -4.96. The van der Waals surface area contributed by atoms with Crippen molar-refractivity contribution in [2.24, 2.45) is 11.7 Å². The quantitative estimate of drug-likeness (QED) is 0.455. The number of hydrogen-bond acceptors (Lipinski definition) is 5. The molecule has 1 unspecified atom stereocenters. The number of nitrogens with zero attached hydrogens (tertiary/aromatic N) is 1. The van der Waals surface area contributed by atoms with Crippen LogP contribution in [-0.4, -0.2) is 45.6 Å². The molecule has 33 heavy (non-hydrogen) atoms. The Morgan fingerprint density at radius 3 is 2.48 bits per heavy atom. The van der Waals surface area contributed by atoms with E-state index >= 15 is 0 Å². The molecule has 4 N–H and O–H groups in total. The number of nitrogens with one attached hydrogen (secondary N) is 1. The second-order valence-electron chi connectivity index (χ2n) is 7.89. The Hall–Kier alpha value is -3.35. The molecule has 8 nitrogen and oxygen atoms in total. The van der Waals surface area contributed by atoms with Crippen molar-refractivity contribution in [3.63, 3.8) is 0 Å². The van der Waals surface area contributed by atoms with Crippen LogP contribution in [0.15, 0.2) is 36.2 Å². The van der Waals surface area contributed by atoms with Gasteiger partial charge in [0.25, 0.3) is 11.8 Å². The largest absolute Gasteiger partial charge is 0.505 e. The number of carbonyl (C=O) groups is 2. The van der Waals surface area contributed by atoms with Crippen LogP contribution < -0.4 is 11.1 Å². The Bertz CT molecular complexity index is 1090. The summed E-state index contributed by atoms with van der Waals surface area (Å²) in [4.78, 5) is 35.9. The highest BCUT2D eigenvalue weighted by Gasteiger charge is 2.65. The number of carbonyl (C=O) groups excluding carboxylic acids is 2. The van der Waals surface area contributed by atoms with Crippen molar-refractivity contribution < 1.29 is 46.1 Å². The maximum Gasteiger partial charge on any atom is 0.417 e. The summed E-state index contributed by atoms with van der Waals surface area (Å²) < 4.78 is 74.3. The van der Waals surface area contributed by atoms with Crippen LogP contribution in [0.4, 0.5) is 22.0 Å². The standard InChI is InChI=1S/C20H18F5N3O5/c1-8-13(10-3-4-11(21)14(22)15(10)29)16(33-19(8,2)20(23,24)25)18(31)27-9-5-6-28(32)12(7-9)17(26)30/h3-8,12-13,16H,1-2H3,(H3-,26,27,29,30,31)/p+1/t8-,12?,13-,16+,19-/m1/s1. The third-order valence-electron chi connectivity index (χ3n) is 5.96. The number of hydrogen-bond donors (Lipinski definition) is 3. The molecule has 0 aliphatic carbocycles. The predicted molar refractivity (Wildman–Crippen MR) is 101 cm³/mol. The lowest BCUT2D eigenvalue weighted by molar-refractivity contribution is -0.495. The lowest BCUT2D eigenvalue weighted by atomic mass is 9.77. The summed E-state index contributed by atoms with van der Waals surface area (Å²) >= 11 is 0. The Morgan fingerprint density at radius 2 is 1.91 bits per heavy atom. The monoisotopic (exact) mass is 476 g/mol. The number of amides is 2. The van der Waals surface area contributed by atoms with E-state index in [4.69, 9.17) is 10.5 Å². The molecule has 13 heteroatoms. The minimum absolute atomic E-state index is 0.124. The number of primary amides is 1. The highest BCUT2D eigenvalue weighted by Crippen LogP contribution is 2.54. The fraction of sp³-hybridized carbons (Fsp3) is 0.400. The van der Waals surface area contributed by atoms with E-state index in [0.29, 0.717) is 13.0 Å². The van der Waals surface area contributed by atoms with Crippen LogP contribution in [0.3, 0.4) is 0 Å². The van der Waals surface area contributed by atoms with Crippen LogP contribution >= 0.6 is 0 Å². The summed E-state index contributed by atoms with van der Waals surface area (Å²) in [6, 6.07) is 0.0150. The number of ether oxygens (including phenoxy) is 1. The minimum Gasteiger partial charge on any atom is -0.505 e. The van der Waals surface area contributed by atoms with Gasteiger partial charge in [-0.15, -0.1) is 0 Å². The summed E-state index contributed by atoms with van der Waals surface area (Å²) in [5.74, 6) is -9.59. The smallest absolute Gasteiger partial charge is 0.417 e. The second-order valence-corrected chi connectivity index (χ2v) is 7.89. The summed E-state index contributed by atoms with van der Waals surface area (Å²) in [7, 11) is 0. The van der Waals surface area contributed by atoms with Gasteiger partial charge < -0.3 is 20.9 Å². The number of phenolic OH excluding ortho intramolecular Hbond substituents is 1. The number of phenols is 1. The Balaban J connectivity index is 2.02. The van der Waals surface area contributed by atoms with E-state index in [1.165, 1.54) is 0 Å². The number of benzene rings is 1. The van der Waals surface area contributed by atoms with Crippen molar-refractivity contribution in [1.29, 1.82) is 0 Å². The normalized spacial score (nSPS) is 29.7. The van der Waals surface area contributed by atoms with E-state index in [9.17, 15) is 41.6 Å². The highest BCUT2D eigenvalue weighted by atomic mass is 19.4. The Morgan fingerprint density at radius 1 is 1.27 bits per heavy atom. The topological polar surface area (TPSA) is 122 Å². The SMILES string of the molecule is C[C@@H]1[C@H](c2ccc(F)c(F)c2O)[C@@H](C(=O)NC2=CC(C(N)=O)[N+](=O)C=C2)O[C@@]1(C)C(F)(F)F. The molecule has 5 atom stereocenters. The van der Waals surface area contributed by atoms with Gasteiger partial charge in [-0.2, -0.15) is 17.6 Å². The van der Waals surface area contributed by atoms with Gasteiger partial charge in [-0.25, -0.2) is 4.39 Å². The van der Waals surface area contributed by atoms with E-state index in [-0.39, 0.29) is 10.5 Å². The van der Waals surface area contributed by atoms with Gasteiger partial charge in [0.15, 0.2) is 17.2 Å². The highest BCUT2D eigenvalue weighted by molar-refractivity contribution is 5.86. The molecule has 0 spiro atoms. The number of rotatable bonds is 4. The van der Waals surface area contributed by atoms with Gasteiger partial charge in [-0.05, 0) is 13.0 Å². The van der Waals surface area contributed by atoms with E-state index in [0.717, 1.165) is 31.3 Å². The first-order valence-corrected chi connectivity index (χ1v) is 9.56. The molecule has 2 aliphatic rings. The molecule has 3 rings (SSSR count). The number of alkyl halides is 3. The maximum absolute atomic E-state index is 14.0. The van der Waals surface area contributed by atoms with Gasteiger partial charge in [0.05, 0.1) is 5.70 Å². The van der Waals surface area contributed by atoms with E-state index in [1.807, 2.05) is 0 Å². The number of aromatic hydroxyl groups is 1. The van der Waals surface area contributed by atoms with Gasteiger partial charge in [-0.3, -0.25) is 9.59 Å². The molecule has 1 saturated heterocycles. The fourth-order valence-electron chi connectivity index (χ4n) is 3.90. The molecule has 2 aliphatic heterocycles. The van der Waals surface area contributed by atoms with Gasteiger partial charge in [0.1, 0.15) is 6.10 Å². The molecule has 2 amide bonds. The molecular weight excluding hydrogens is 457 g/mol. The van der Waals surface area contributed by atoms with Crippen LogP contribution in [0.25, 0.3) is 0 Å². The van der Waals surface area contributed by atoms with Gasteiger partial charge in [0, 0.05) is 39.2 Å². The molecule has 2 heterocycles. The van der Waals surface area contributed by atoms with E-state index in [1.54, 1.807) is 0 Å². The molecule has 0 saturated carbocycles. The Kier molecular flexibility index (Phi) is 6.04. The summed E-state index contributed by atoms with van der Waals surface area (Å²) in [5.41, 5.74) is 1.64. The lowest BCUT2D eigenvalue weighted by Crippen LogP contribution is -2.47. The molecular formula is C20H19F5N3O5+. The lowest BCUT2D eigenvalue weighted by Gasteiger charge is -2.31. The van der Waals surface area contributed by atoms with Crippen molar-refractivity contribution in [3.05, 3.63) is 58.3 Å². The van der Waals surface area contributed by atoms with Crippen molar-refractivity contribution in [1.82, 2.24) is 5.32 Å². The van der Waals surface area contributed by atoms with Crippen LogP contribution in [0, 0.1) is 22.5 Å². The van der Waals surface area contributed by atoms with Crippen molar-refractivity contribution in [3.8, 4) is 5.75 Å². The van der Waals surface area contributed by atoms with Gasteiger partial charge >= 0.3 is 12.2 Å². The Labute approximate surface area is 183 Å². The average Bonchev–Trinajstić information content (AvgIpc) is 3.00. The third kappa shape index (κ3) is 4.08. The molecule has 0 aromatic heterocycles. The van der Waals surface area contributed by atoms with Crippen molar-refractivity contribution >= 4 is 11.8 Å². The molecule has 1 aromatic rings. The van der Waals surface area contributed by atoms with Gasteiger partial charge in [0.2, 0.25) is 12.0 Å². The first-order valence-electron chi connectivity index (χ1n) is 9.56. The zero-order chi connectivity index (χ0) is 24.9.